The van der Waals surface area contributed by atoms with Crippen molar-refractivity contribution in [2.75, 3.05) is 31.8 Å². The highest BCUT2D eigenvalue weighted by atomic mass is 32.2. The van der Waals surface area contributed by atoms with Gasteiger partial charge in [0.15, 0.2) is 0 Å². The maximum Gasteiger partial charge on any atom is 0.239 e. The maximum atomic E-state index is 13.6. The van der Waals surface area contributed by atoms with Crippen molar-refractivity contribution in [3.63, 3.8) is 0 Å². The van der Waals surface area contributed by atoms with E-state index in [-0.39, 0.29) is 12.2 Å². The van der Waals surface area contributed by atoms with Crippen LogP contribution < -0.4 is 10.1 Å². The summed E-state index contributed by atoms with van der Waals surface area (Å²) < 4.78 is 43.9. The first-order valence-corrected chi connectivity index (χ1v) is 9.77. The SMILES string of the molecule is COc1ccccc1CCN(CC(=O)Nc1ccccc1F)S(C)(=O)=O. The van der Waals surface area contributed by atoms with Crippen molar-refractivity contribution in [3.8, 4) is 5.75 Å². The van der Waals surface area contributed by atoms with Gasteiger partial charge in [-0.2, -0.15) is 4.31 Å². The topological polar surface area (TPSA) is 75.7 Å². The number of para-hydroxylation sites is 2. The maximum absolute atomic E-state index is 13.6. The number of benzene rings is 2. The summed E-state index contributed by atoms with van der Waals surface area (Å²) in [4.78, 5) is 12.1. The number of nitrogens with zero attached hydrogens (tertiary/aromatic N) is 1. The molecule has 0 aliphatic rings. The first kappa shape index (κ1) is 19.9. The minimum Gasteiger partial charge on any atom is -0.496 e. The van der Waals surface area contributed by atoms with E-state index in [4.69, 9.17) is 4.74 Å². The first-order valence-electron chi connectivity index (χ1n) is 7.92. The molecule has 0 atom stereocenters. The number of nitrogens with one attached hydrogen (secondary N) is 1. The molecule has 1 amide bonds. The molecule has 0 aliphatic carbocycles. The van der Waals surface area contributed by atoms with Crippen molar-refractivity contribution in [1.82, 2.24) is 4.31 Å². The van der Waals surface area contributed by atoms with Crippen LogP contribution in [0.1, 0.15) is 5.56 Å². The molecule has 0 unspecified atom stereocenters. The Hall–Kier alpha value is -2.45. The first-order chi connectivity index (χ1) is 12.3. The highest BCUT2D eigenvalue weighted by molar-refractivity contribution is 7.88. The van der Waals surface area contributed by atoms with Crippen molar-refractivity contribution in [1.29, 1.82) is 0 Å². The smallest absolute Gasteiger partial charge is 0.239 e. The van der Waals surface area contributed by atoms with Crippen LogP contribution in [-0.4, -0.2) is 45.1 Å². The number of methoxy groups -OCH3 is 1. The predicted octanol–water partition coefficient (Wildman–Crippen LogP) is 2.28. The average molecular weight is 380 g/mol. The molecule has 1 N–H and O–H groups in total. The summed E-state index contributed by atoms with van der Waals surface area (Å²) in [6.07, 6.45) is 1.41. The minimum absolute atomic E-state index is 0.00989. The Balaban J connectivity index is 2.06. The number of hydrogen-bond acceptors (Lipinski definition) is 4. The molecule has 0 bridgehead atoms. The van der Waals surface area contributed by atoms with Crippen molar-refractivity contribution in [3.05, 3.63) is 59.9 Å². The van der Waals surface area contributed by atoms with Crippen molar-refractivity contribution >= 4 is 21.6 Å². The molecule has 2 aromatic rings. The summed E-state index contributed by atoms with van der Waals surface area (Å²) in [6.45, 7) is -0.299. The van der Waals surface area contributed by atoms with E-state index in [9.17, 15) is 17.6 Å². The van der Waals surface area contributed by atoms with Gasteiger partial charge in [-0.1, -0.05) is 30.3 Å². The molecular weight excluding hydrogens is 359 g/mol. The van der Waals surface area contributed by atoms with Crippen LogP contribution in [0.25, 0.3) is 0 Å². The average Bonchev–Trinajstić information content (AvgIpc) is 2.60. The molecule has 0 radical (unpaired) electrons. The molecular formula is C18H21FN2O4S. The second-order valence-corrected chi connectivity index (χ2v) is 7.67. The quantitative estimate of drug-likeness (QED) is 0.762. The van der Waals surface area contributed by atoms with E-state index >= 15 is 0 Å². The van der Waals surface area contributed by atoms with Crippen molar-refractivity contribution in [2.24, 2.45) is 0 Å². The van der Waals surface area contributed by atoms with Crippen LogP contribution in [0.15, 0.2) is 48.5 Å². The van der Waals surface area contributed by atoms with Crippen LogP contribution in [0.4, 0.5) is 10.1 Å². The molecule has 0 fully saturated rings. The molecule has 8 heteroatoms. The zero-order chi connectivity index (χ0) is 19.2. The second-order valence-electron chi connectivity index (χ2n) is 5.69. The molecule has 0 spiro atoms. The van der Waals surface area contributed by atoms with E-state index in [2.05, 4.69) is 5.32 Å². The van der Waals surface area contributed by atoms with Crippen LogP contribution in [-0.2, 0) is 21.2 Å². The molecule has 2 rings (SSSR count). The summed E-state index contributed by atoms with van der Waals surface area (Å²) in [5, 5.41) is 2.39. The van der Waals surface area contributed by atoms with E-state index in [0.717, 1.165) is 16.1 Å². The van der Waals surface area contributed by atoms with Crippen LogP contribution in [0.5, 0.6) is 5.75 Å². The Labute approximate surface area is 152 Å². The number of hydrogen-bond donors (Lipinski definition) is 1. The standard InChI is InChI=1S/C18H21FN2O4S/c1-25-17-10-6-3-7-14(17)11-12-21(26(2,23)24)13-18(22)20-16-9-5-4-8-15(16)19/h3-10H,11-13H2,1-2H3,(H,20,22). The number of rotatable bonds is 8. The summed E-state index contributed by atoms with van der Waals surface area (Å²) >= 11 is 0. The molecule has 0 aliphatic heterocycles. The Bertz CT molecular complexity index is 871. The zero-order valence-corrected chi connectivity index (χ0v) is 15.4. The number of halogens is 1. The number of sulfonamides is 1. The number of ether oxygens (including phenoxy) is 1. The molecule has 0 saturated heterocycles. The fourth-order valence-electron chi connectivity index (χ4n) is 2.43. The van der Waals surface area contributed by atoms with Gasteiger partial charge in [-0.05, 0) is 30.2 Å². The van der Waals surface area contributed by atoms with Gasteiger partial charge in [-0.25, -0.2) is 12.8 Å². The third-order valence-electron chi connectivity index (χ3n) is 3.76. The Kier molecular flexibility index (Phi) is 6.70. The van der Waals surface area contributed by atoms with Gasteiger partial charge in [-0.3, -0.25) is 4.79 Å². The van der Waals surface area contributed by atoms with E-state index in [1.54, 1.807) is 12.1 Å². The largest absolute Gasteiger partial charge is 0.496 e. The number of carbonyl (C=O) groups excluding carboxylic acids is 1. The molecule has 26 heavy (non-hydrogen) atoms. The van der Waals surface area contributed by atoms with Gasteiger partial charge in [0.1, 0.15) is 11.6 Å². The van der Waals surface area contributed by atoms with Gasteiger partial charge in [0.05, 0.1) is 25.6 Å². The van der Waals surface area contributed by atoms with Gasteiger partial charge >= 0.3 is 0 Å². The van der Waals surface area contributed by atoms with E-state index in [0.29, 0.717) is 12.2 Å². The van der Waals surface area contributed by atoms with E-state index in [1.165, 1.54) is 25.3 Å². The van der Waals surface area contributed by atoms with Crippen molar-refractivity contribution < 1.29 is 22.3 Å². The fraction of sp³-hybridized carbons (Fsp3) is 0.278. The number of carbonyl (C=O) groups is 1. The third kappa shape index (κ3) is 5.53. The normalized spacial score (nSPS) is 11.4. The summed E-state index contributed by atoms with van der Waals surface area (Å²) in [6, 6.07) is 13.0. The Morgan fingerprint density at radius 1 is 1.15 bits per heavy atom. The third-order valence-corrected chi connectivity index (χ3v) is 5.01. The van der Waals surface area contributed by atoms with Crippen LogP contribution in [0.2, 0.25) is 0 Å². The van der Waals surface area contributed by atoms with Crippen LogP contribution >= 0.6 is 0 Å². The van der Waals surface area contributed by atoms with Crippen molar-refractivity contribution in [2.45, 2.75) is 6.42 Å². The minimum atomic E-state index is -3.61. The highest BCUT2D eigenvalue weighted by Crippen LogP contribution is 2.18. The molecule has 2 aromatic carbocycles. The predicted molar refractivity (Wildman–Crippen MR) is 98.1 cm³/mol. The summed E-state index contributed by atoms with van der Waals surface area (Å²) in [7, 11) is -2.08. The lowest BCUT2D eigenvalue weighted by Crippen LogP contribution is -2.38. The lowest BCUT2D eigenvalue weighted by atomic mass is 10.1. The number of anilines is 1. The van der Waals surface area contributed by atoms with Crippen LogP contribution in [0, 0.1) is 5.82 Å². The Morgan fingerprint density at radius 2 is 1.81 bits per heavy atom. The molecule has 0 saturated carbocycles. The van der Waals surface area contributed by atoms with Gasteiger partial charge < -0.3 is 10.1 Å². The molecule has 0 heterocycles. The number of amides is 1. The molecule has 140 valence electrons. The molecule has 0 aromatic heterocycles. The van der Waals surface area contributed by atoms with Gasteiger partial charge in [0, 0.05) is 6.54 Å². The zero-order valence-electron chi connectivity index (χ0n) is 14.6. The van der Waals surface area contributed by atoms with Gasteiger partial charge in [-0.15, -0.1) is 0 Å². The van der Waals surface area contributed by atoms with Crippen LogP contribution in [0.3, 0.4) is 0 Å². The van der Waals surface area contributed by atoms with E-state index in [1.807, 2.05) is 18.2 Å². The summed E-state index contributed by atoms with van der Waals surface area (Å²) in [5.74, 6) is -0.543. The fourth-order valence-corrected chi connectivity index (χ4v) is 3.20. The lowest BCUT2D eigenvalue weighted by Gasteiger charge is -2.20. The lowest BCUT2D eigenvalue weighted by molar-refractivity contribution is -0.116. The van der Waals surface area contributed by atoms with E-state index < -0.39 is 28.3 Å². The molecule has 6 nitrogen and oxygen atoms in total. The monoisotopic (exact) mass is 380 g/mol. The van der Waals surface area contributed by atoms with Gasteiger partial charge in [0.2, 0.25) is 15.9 Å². The second kappa shape index (κ2) is 8.77. The Morgan fingerprint density at radius 3 is 2.46 bits per heavy atom. The highest BCUT2D eigenvalue weighted by Gasteiger charge is 2.21. The summed E-state index contributed by atoms with van der Waals surface area (Å²) in [5.41, 5.74) is 0.842. The van der Waals surface area contributed by atoms with Gasteiger partial charge in [0.25, 0.3) is 0 Å².